The minimum absolute atomic E-state index is 0.171. The fourth-order valence-electron chi connectivity index (χ4n) is 1.96. The van der Waals surface area contributed by atoms with Gasteiger partial charge in [-0.15, -0.1) is 0 Å². The van der Waals surface area contributed by atoms with Gasteiger partial charge in [-0.1, -0.05) is 15.9 Å². The summed E-state index contributed by atoms with van der Waals surface area (Å²) >= 11 is 6.56. The number of nitrogens with zero attached hydrogens (tertiary/aromatic N) is 1. The molecule has 0 spiro atoms. The molecule has 4 nitrogen and oxygen atoms in total. The molecule has 7 heteroatoms. The van der Waals surface area contributed by atoms with Crippen LogP contribution in [0.1, 0.15) is 12.8 Å². The summed E-state index contributed by atoms with van der Waals surface area (Å²) in [6.07, 6.45) is 0.782. The number of halogens is 2. The number of rotatable bonds is 2. The van der Waals surface area contributed by atoms with Crippen molar-refractivity contribution in [1.82, 2.24) is 4.31 Å². The Morgan fingerprint density at radius 2 is 2.06 bits per heavy atom. The van der Waals surface area contributed by atoms with Crippen molar-refractivity contribution in [3.63, 3.8) is 0 Å². The van der Waals surface area contributed by atoms with Gasteiger partial charge < -0.3 is 5.11 Å². The van der Waals surface area contributed by atoms with Gasteiger partial charge in [-0.3, -0.25) is 0 Å². The number of piperidine rings is 1. The third kappa shape index (κ3) is 2.96. The van der Waals surface area contributed by atoms with E-state index in [9.17, 15) is 13.5 Å². The number of aliphatic hydroxyl groups is 1. The minimum atomic E-state index is -3.54. The molecule has 100 valence electrons. The molecule has 0 aliphatic carbocycles. The molecule has 1 aliphatic heterocycles. The molecule has 1 aromatic rings. The van der Waals surface area contributed by atoms with Gasteiger partial charge in [0.1, 0.15) is 0 Å². The van der Waals surface area contributed by atoms with Crippen molar-refractivity contribution in [1.29, 1.82) is 0 Å². The number of hydrogen-bond donors (Lipinski definition) is 1. The van der Waals surface area contributed by atoms with Crippen molar-refractivity contribution in [2.75, 3.05) is 13.1 Å². The van der Waals surface area contributed by atoms with Crippen LogP contribution >= 0.6 is 31.9 Å². The molecule has 1 aliphatic rings. The number of sulfonamides is 1. The lowest BCUT2D eigenvalue weighted by Crippen LogP contribution is -2.42. The van der Waals surface area contributed by atoms with Crippen LogP contribution < -0.4 is 0 Å². The van der Waals surface area contributed by atoms with Crippen LogP contribution in [0.3, 0.4) is 0 Å². The Morgan fingerprint density at radius 3 is 2.67 bits per heavy atom. The molecule has 1 unspecified atom stereocenters. The van der Waals surface area contributed by atoms with Gasteiger partial charge >= 0.3 is 0 Å². The van der Waals surface area contributed by atoms with E-state index in [0.717, 1.165) is 4.47 Å². The summed E-state index contributed by atoms with van der Waals surface area (Å²) in [5, 5.41) is 9.58. The molecule has 1 fully saturated rings. The van der Waals surface area contributed by atoms with Crippen molar-refractivity contribution in [3.8, 4) is 0 Å². The van der Waals surface area contributed by atoms with Crippen LogP contribution in [-0.4, -0.2) is 37.0 Å². The van der Waals surface area contributed by atoms with Crippen molar-refractivity contribution < 1.29 is 13.5 Å². The fourth-order valence-corrected chi connectivity index (χ4v) is 5.18. The molecule has 1 aromatic carbocycles. The SMILES string of the molecule is O=S(=O)(c1ccc(Br)cc1Br)N1CCCC(O)C1. The number of benzene rings is 1. The molecule has 0 amide bonds. The Labute approximate surface area is 123 Å². The van der Waals surface area contributed by atoms with Crippen LogP contribution in [0.5, 0.6) is 0 Å². The maximum Gasteiger partial charge on any atom is 0.244 e. The maximum atomic E-state index is 12.4. The molecular weight excluding hydrogens is 386 g/mol. The van der Waals surface area contributed by atoms with Gasteiger partial charge in [-0.05, 0) is 47.0 Å². The van der Waals surface area contributed by atoms with Gasteiger partial charge in [0.05, 0.1) is 11.0 Å². The first-order valence-electron chi connectivity index (χ1n) is 5.54. The summed E-state index contributed by atoms with van der Waals surface area (Å²) in [4.78, 5) is 0.236. The Kier molecular flexibility index (Phi) is 4.48. The zero-order valence-corrected chi connectivity index (χ0v) is 13.5. The summed E-state index contributed by atoms with van der Waals surface area (Å²) in [5.41, 5.74) is 0. The standard InChI is InChI=1S/C11H13Br2NO3S/c12-8-3-4-11(10(13)6-8)18(16,17)14-5-1-2-9(15)7-14/h3-4,6,9,15H,1-2,5,7H2. The van der Waals surface area contributed by atoms with Crippen LogP contribution in [0.25, 0.3) is 0 Å². The highest BCUT2D eigenvalue weighted by Gasteiger charge is 2.30. The molecule has 0 radical (unpaired) electrons. The van der Waals surface area contributed by atoms with E-state index in [2.05, 4.69) is 31.9 Å². The quantitative estimate of drug-likeness (QED) is 0.831. The maximum absolute atomic E-state index is 12.4. The molecule has 1 atom stereocenters. The van der Waals surface area contributed by atoms with Crippen molar-refractivity contribution >= 4 is 41.9 Å². The summed E-state index contributed by atoms with van der Waals surface area (Å²) in [6, 6.07) is 4.95. The summed E-state index contributed by atoms with van der Waals surface area (Å²) < 4.78 is 27.5. The Bertz CT molecular complexity index is 547. The van der Waals surface area contributed by atoms with Gasteiger partial charge in [-0.25, -0.2) is 8.42 Å². The molecular formula is C11H13Br2NO3S. The van der Waals surface area contributed by atoms with E-state index in [0.29, 0.717) is 23.9 Å². The second-order valence-corrected chi connectivity index (χ2v) is 7.91. The van der Waals surface area contributed by atoms with Crippen LogP contribution in [0.4, 0.5) is 0 Å². The van der Waals surface area contributed by atoms with E-state index >= 15 is 0 Å². The minimum Gasteiger partial charge on any atom is -0.392 e. The van der Waals surface area contributed by atoms with Crippen LogP contribution in [-0.2, 0) is 10.0 Å². The zero-order chi connectivity index (χ0) is 13.3. The summed E-state index contributed by atoms with van der Waals surface area (Å²) in [6.45, 7) is 0.632. The Morgan fingerprint density at radius 1 is 1.33 bits per heavy atom. The summed E-state index contributed by atoms with van der Waals surface area (Å²) in [5.74, 6) is 0. The van der Waals surface area contributed by atoms with Gasteiger partial charge in [0.15, 0.2) is 0 Å². The van der Waals surface area contributed by atoms with E-state index in [1.807, 2.05) is 0 Å². The van der Waals surface area contributed by atoms with Gasteiger partial charge in [0.2, 0.25) is 10.0 Å². The lowest BCUT2D eigenvalue weighted by molar-refractivity contribution is 0.108. The Balaban J connectivity index is 2.35. The number of aliphatic hydroxyl groups excluding tert-OH is 1. The normalized spacial score (nSPS) is 22.1. The molecule has 0 saturated carbocycles. The third-order valence-electron chi connectivity index (χ3n) is 2.87. The van der Waals surface area contributed by atoms with Crippen molar-refractivity contribution in [2.45, 2.75) is 23.8 Å². The van der Waals surface area contributed by atoms with E-state index in [-0.39, 0.29) is 11.4 Å². The van der Waals surface area contributed by atoms with Gasteiger partial charge in [-0.2, -0.15) is 4.31 Å². The second-order valence-electron chi connectivity index (χ2n) is 4.23. The molecule has 2 rings (SSSR count). The topological polar surface area (TPSA) is 57.6 Å². The first-order valence-corrected chi connectivity index (χ1v) is 8.57. The fraction of sp³-hybridized carbons (Fsp3) is 0.455. The van der Waals surface area contributed by atoms with Crippen LogP contribution in [0.2, 0.25) is 0 Å². The van der Waals surface area contributed by atoms with Crippen LogP contribution in [0.15, 0.2) is 32.0 Å². The van der Waals surface area contributed by atoms with E-state index in [1.54, 1.807) is 18.2 Å². The Hall–Kier alpha value is 0.0500. The third-order valence-corrected chi connectivity index (χ3v) is 6.21. The highest BCUT2D eigenvalue weighted by Crippen LogP contribution is 2.29. The molecule has 18 heavy (non-hydrogen) atoms. The average Bonchev–Trinajstić information content (AvgIpc) is 2.28. The predicted octanol–water partition coefficient (Wildman–Crippen LogP) is 2.36. The van der Waals surface area contributed by atoms with Gasteiger partial charge in [0.25, 0.3) is 0 Å². The van der Waals surface area contributed by atoms with E-state index < -0.39 is 16.1 Å². The average molecular weight is 399 g/mol. The first-order chi connectivity index (χ1) is 8.41. The van der Waals surface area contributed by atoms with Gasteiger partial charge in [0, 0.05) is 22.0 Å². The largest absolute Gasteiger partial charge is 0.392 e. The highest BCUT2D eigenvalue weighted by molar-refractivity contribution is 9.11. The molecule has 1 saturated heterocycles. The molecule has 0 bridgehead atoms. The number of hydrogen-bond acceptors (Lipinski definition) is 3. The molecule has 1 heterocycles. The molecule has 1 N–H and O–H groups in total. The van der Waals surface area contributed by atoms with Crippen molar-refractivity contribution in [3.05, 3.63) is 27.1 Å². The smallest absolute Gasteiger partial charge is 0.244 e. The van der Waals surface area contributed by atoms with Crippen molar-refractivity contribution in [2.24, 2.45) is 0 Å². The zero-order valence-electron chi connectivity index (χ0n) is 9.51. The number of β-amino-alcohol motifs (C(OH)–C–C–N with tert-alkyl or cyclic N) is 1. The molecule has 0 aromatic heterocycles. The van der Waals surface area contributed by atoms with E-state index in [1.165, 1.54) is 4.31 Å². The first kappa shape index (κ1) is 14.5. The predicted molar refractivity (Wildman–Crippen MR) is 75.8 cm³/mol. The second kappa shape index (κ2) is 5.58. The van der Waals surface area contributed by atoms with Crippen LogP contribution in [0, 0.1) is 0 Å². The lowest BCUT2D eigenvalue weighted by Gasteiger charge is -2.29. The van der Waals surface area contributed by atoms with E-state index in [4.69, 9.17) is 0 Å². The lowest BCUT2D eigenvalue weighted by atomic mass is 10.1. The summed E-state index contributed by atoms with van der Waals surface area (Å²) in [7, 11) is -3.54. The monoisotopic (exact) mass is 397 g/mol. The highest BCUT2D eigenvalue weighted by atomic mass is 79.9.